The van der Waals surface area contributed by atoms with E-state index in [0.717, 1.165) is 45.4 Å². The molecular weight excluding hydrogens is 503 g/mol. The Balaban J connectivity index is 1.47. The molecule has 2 fully saturated rings. The molecule has 4 atom stereocenters. The second kappa shape index (κ2) is 9.20. The van der Waals surface area contributed by atoms with E-state index in [-0.39, 0.29) is 17.5 Å². The van der Waals surface area contributed by atoms with Gasteiger partial charge in [0.05, 0.1) is 37.0 Å². The van der Waals surface area contributed by atoms with Crippen molar-refractivity contribution in [3.05, 3.63) is 112 Å². The maximum atomic E-state index is 13.8. The van der Waals surface area contributed by atoms with Crippen LogP contribution in [0, 0.1) is 39.6 Å². The number of hydrogen-bond donors (Lipinski definition) is 0. The van der Waals surface area contributed by atoms with Gasteiger partial charge in [0, 0.05) is 11.8 Å². The van der Waals surface area contributed by atoms with Gasteiger partial charge in [-0.05, 0) is 58.7 Å². The summed E-state index contributed by atoms with van der Waals surface area (Å²) in [6, 6.07) is 18.1. The first-order valence-electron chi connectivity index (χ1n) is 12.4. The number of methoxy groups -OCH3 is 2. The van der Waals surface area contributed by atoms with Crippen molar-refractivity contribution in [1.29, 1.82) is 0 Å². The number of imide groups is 1. The highest BCUT2D eigenvalue weighted by molar-refractivity contribution is 6.24. The van der Waals surface area contributed by atoms with Gasteiger partial charge in [0.2, 0.25) is 11.8 Å². The monoisotopic (exact) mass is 526 g/mol. The van der Waals surface area contributed by atoms with E-state index in [1.54, 1.807) is 14.2 Å². The molecule has 196 valence electrons. The first-order valence-corrected chi connectivity index (χ1v) is 12.4. The Labute approximate surface area is 223 Å². The van der Waals surface area contributed by atoms with Gasteiger partial charge in [-0.1, -0.05) is 36.4 Å². The van der Waals surface area contributed by atoms with Crippen molar-refractivity contribution >= 4 is 28.8 Å². The number of allylic oxidation sites excluding steroid dienone is 3. The fourth-order valence-corrected chi connectivity index (χ4v) is 6.18. The van der Waals surface area contributed by atoms with Crippen LogP contribution in [0.2, 0.25) is 0 Å². The third-order valence-corrected chi connectivity index (χ3v) is 7.84. The zero-order valence-corrected chi connectivity index (χ0v) is 21.0. The number of nitro benzene ring substituents is 1. The lowest BCUT2D eigenvalue weighted by molar-refractivity contribution is -0.384. The van der Waals surface area contributed by atoms with E-state index in [4.69, 9.17) is 9.47 Å². The molecule has 9 heteroatoms. The third-order valence-electron chi connectivity index (χ3n) is 7.84. The number of nitrogens with zero attached hydrogens (tertiary/aromatic N) is 2. The number of fused-ring (bicyclic) bond motifs is 5. The van der Waals surface area contributed by atoms with Crippen LogP contribution in [0.4, 0.5) is 15.8 Å². The minimum Gasteiger partial charge on any atom is -0.497 e. The van der Waals surface area contributed by atoms with Gasteiger partial charge >= 0.3 is 0 Å². The number of ether oxygens (including phenoxy) is 2. The SMILES string of the molecule is COc1ccc(C(=C2[C@H]3C=C[C@H]2[C@H]2C(=O)N(c4ccc(F)cc4[N+](=O)[O-])C(=O)[C@@H]23)c2ccc(OC)cc2)cc1. The van der Waals surface area contributed by atoms with Crippen LogP contribution in [0.3, 0.4) is 0 Å². The Morgan fingerprint density at radius 1 is 0.821 bits per heavy atom. The molecule has 0 aromatic heterocycles. The number of benzene rings is 3. The maximum Gasteiger partial charge on any atom is 0.296 e. The topological polar surface area (TPSA) is 99.0 Å². The van der Waals surface area contributed by atoms with E-state index >= 15 is 0 Å². The van der Waals surface area contributed by atoms with Crippen LogP contribution in [0.1, 0.15) is 11.1 Å². The van der Waals surface area contributed by atoms with Gasteiger partial charge in [-0.3, -0.25) is 19.7 Å². The van der Waals surface area contributed by atoms with Crippen LogP contribution in [0.15, 0.2) is 84.5 Å². The first-order chi connectivity index (χ1) is 18.8. The number of rotatable bonds is 6. The molecule has 0 spiro atoms. The zero-order chi connectivity index (χ0) is 27.4. The van der Waals surface area contributed by atoms with Gasteiger partial charge in [-0.25, -0.2) is 9.29 Å². The molecule has 1 heterocycles. The lowest BCUT2D eigenvalue weighted by Gasteiger charge is -2.21. The van der Waals surface area contributed by atoms with Crippen molar-refractivity contribution in [2.75, 3.05) is 19.1 Å². The number of hydrogen-bond acceptors (Lipinski definition) is 6. The van der Waals surface area contributed by atoms with E-state index in [1.807, 2.05) is 60.7 Å². The lowest BCUT2D eigenvalue weighted by Crippen LogP contribution is -2.33. The Hall–Kier alpha value is -4.79. The Morgan fingerprint density at radius 2 is 1.31 bits per heavy atom. The standard InChI is InChI=1S/C30H23FN2O6/c1-38-19-8-3-16(4-9-19)25(17-5-10-20(39-2)11-6-17)26-21-12-13-22(26)28-27(21)29(34)32(30(28)35)23-14-7-18(31)15-24(23)33(36)37/h3-15,21-22,27-28H,1-2H3/t21-,22-,27-,28-/m1/s1. The van der Waals surface area contributed by atoms with Gasteiger partial charge < -0.3 is 9.47 Å². The molecular formula is C30H23FN2O6. The molecule has 3 aliphatic rings. The van der Waals surface area contributed by atoms with Gasteiger partial charge in [-0.2, -0.15) is 0 Å². The lowest BCUT2D eigenvalue weighted by atomic mass is 9.85. The number of amides is 2. The molecule has 8 nitrogen and oxygen atoms in total. The number of nitro groups is 1. The minimum absolute atomic E-state index is 0.207. The molecule has 3 aromatic carbocycles. The van der Waals surface area contributed by atoms with Crippen molar-refractivity contribution in [1.82, 2.24) is 0 Å². The van der Waals surface area contributed by atoms with Crippen LogP contribution >= 0.6 is 0 Å². The number of carbonyl (C=O) groups is 2. The van der Waals surface area contributed by atoms with Gasteiger partial charge in [0.15, 0.2) is 0 Å². The highest BCUT2D eigenvalue weighted by atomic mass is 19.1. The van der Waals surface area contributed by atoms with Crippen LogP contribution in [-0.4, -0.2) is 31.0 Å². The quantitative estimate of drug-likeness (QED) is 0.190. The van der Waals surface area contributed by atoms with Crippen molar-refractivity contribution in [3.63, 3.8) is 0 Å². The van der Waals surface area contributed by atoms with E-state index < -0.39 is 40.1 Å². The molecule has 3 aromatic rings. The summed E-state index contributed by atoms with van der Waals surface area (Å²) < 4.78 is 24.4. The predicted octanol–water partition coefficient (Wildman–Crippen LogP) is 5.17. The van der Waals surface area contributed by atoms with Crippen LogP contribution in [0.5, 0.6) is 11.5 Å². The summed E-state index contributed by atoms with van der Waals surface area (Å²) >= 11 is 0. The van der Waals surface area contributed by atoms with Gasteiger partial charge in [0.25, 0.3) is 5.69 Å². The number of anilines is 1. The minimum atomic E-state index is -0.819. The molecule has 2 bridgehead atoms. The highest BCUT2D eigenvalue weighted by Gasteiger charge is 2.63. The predicted molar refractivity (Wildman–Crippen MR) is 141 cm³/mol. The Bertz CT molecular complexity index is 1490. The van der Waals surface area contributed by atoms with Crippen LogP contribution in [0.25, 0.3) is 5.57 Å². The normalized spacial score (nSPS) is 22.8. The summed E-state index contributed by atoms with van der Waals surface area (Å²) in [6.07, 6.45) is 3.89. The van der Waals surface area contributed by atoms with Crippen LogP contribution < -0.4 is 14.4 Å². The summed E-state index contributed by atoms with van der Waals surface area (Å²) in [5.74, 6) is -2.62. The number of carbonyl (C=O) groups excluding carboxylic acids is 2. The average Bonchev–Trinajstić information content (AvgIpc) is 3.58. The second-order valence-corrected chi connectivity index (χ2v) is 9.68. The molecule has 6 rings (SSSR count). The maximum absolute atomic E-state index is 13.8. The van der Waals surface area contributed by atoms with Crippen molar-refractivity contribution in [2.24, 2.45) is 23.7 Å². The highest BCUT2D eigenvalue weighted by Crippen LogP contribution is 2.59. The summed E-state index contributed by atoms with van der Waals surface area (Å²) in [4.78, 5) is 39.2. The van der Waals surface area contributed by atoms with Crippen molar-refractivity contribution < 1.29 is 28.4 Å². The van der Waals surface area contributed by atoms with E-state index in [2.05, 4.69) is 0 Å². The van der Waals surface area contributed by atoms with E-state index in [0.29, 0.717) is 11.5 Å². The molecule has 0 radical (unpaired) electrons. The van der Waals surface area contributed by atoms with Crippen LogP contribution in [-0.2, 0) is 9.59 Å². The summed E-state index contributed by atoms with van der Waals surface area (Å²) in [5.41, 5.74) is 2.84. The van der Waals surface area contributed by atoms with Gasteiger partial charge in [-0.15, -0.1) is 0 Å². The largest absolute Gasteiger partial charge is 0.497 e. The smallest absolute Gasteiger partial charge is 0.296 e. The molecule has 0 N–H and O–H groups in total. The molecule has 39 heavy (non-hydrogen) atoms. The van der Waals surface area contributed by atoms with E-state index in [9.17, 15) is 24.1 Å². The van der Waals surface area contributed by atoms with Gasteiger partial charge in [0.1, 0.15) is 23.0 Å². The third kappa shape index (κ3) is 3.72. The first kappa shape index (κ1) is 24.5. The molecule has 1 saturated carbocycles. The molecule has 1 aliphatic heterocycles. The molecule has 2 aliphatic carbocycles. The molecule has 2 amide bonds. The molecule has 1 saturated heterocycles. The second-order valence-electron chi connectivity index (χ2n) is 9.68. The van der Waals surface area contributed by atoms with E-state index in [1.165, 1.54) is 0 Å². The average molecular weight is 527 g/mol. The Morgan fingerprint density at radius 3 is 1.74 bits per heavy atom. The summed E-state index contributed by atoms with van der Waals surface area (Å²) in [7, 11) is 3.18. The fraction of sp³-hybridized carbons (Fsp3) is 0.200. The number of halogens is 1. The fourth-order valence-electron chi connectivity index (χ4n) is 6.18. The Kier molecular flexibility index (Phi) is 5.79. The summed E-state index contributed by atoms with van der Waals surface area (Å²) in [6.45, 7) is 0. The van der Waals surface area contributed by atoms with Crippen molar-refractivity contribution in [3.8, 4) is 11.5 Å². The van der Waals surface area contributed by atoms with Crippen molar-refractivity contribution in [2.45, 2.75) is 0 Å². The summed E-state index contributed by atoms with van der Waals surface area (Å²) in [5, 5.41) is 11.6. The zero-order valence-electron chi connectivity index (χ0n) is 21.0. The molecule has 0 unspecified atom stereocenters.